The number of nitrogens with one attached hydrogen (secondary N) is 1. The van der Waals surface area contributed by atoms with Gasteiger partial charge in [-0.15, -0.1) is 0 Å². The molecule has 1 N–H and O–H groups in total. The minimum atomic E-state index is -4.25. The zero-order chi connectivity index (χ0) is 15.3. The van der Waals surface area contributed by atoms with Gasteiger partial charge in [0.25, 0.3) is 0 Å². The molecule has 0 radical (unpaired) electrons. The second kappa shape index (κ2) is 7.22. The molecule has 0 aliphatic rings. The van der Waals surface area contributed by atoms with Crippen molar-refractivity contribution in [3.8, 4) is 0 Å². The molecule has 1 rings (SSSR count). The number of alkyl halides is 3. The maximum atomic E-state index is 13.8. The molecular formula is C13H15ClF5N. The highest BCUT2D eigenvalue weighted by Crippen LogP contribution is 2.29. The summed E-state index contributed by atoms with van der Waals surface area (Å²) in [6.07, 6.45) is -5.30. The summed E-state index contributed by atoms with van der Waals surface area (Å²) < 4.78 is 63.5. The molecule has 0 amide bonds. The first kappa shape index (κ1) is 17.2. The van der Waals surface area contributed by atoms with E-state index in [1.807, 2.05) is 0 Å². The van der Waals surface area contributed by atoms with Crippen LogP contribution < -0.4 is 5.32 Å². The van der Waals surface area contributed by atoms with E-state index in [0.29, 0.717) is 6.54 Å². The van der Waals surface area contributed by atoms with E-state index in [-0.39, 0.29) is 23.4 Å². The van der Waals surface area contributed by atoms with Gasteiger partial charge in [-0.05, 0) is 31.5 Å². The van der Waals surface area contributed by atoms with Crippen LogP contribution in [0.1, 0.15) is 37.8 Å². The third-order valence-electron chi connectivity index (χ3n) is 2.82. The van der Waals surface area contributed by atoms with Crippen LogP contribution in [0.5, 0.6) is 0 Å². The molecule has 0 aromatic heterocycles. The molecule has 0 aliphatic carbocycles. The molecule has 0 aliphatic heterocycles. The molecule has 0 spiro atoms. The predicted molar refractivity (Wildman–Crippen MR) is 67.7 cm³/mol. The zero-order valence-electron chi connectivity index (χ0n) is 10.8. The average molecular weight is 316 g/mol. The molecule has 7 heteroatoms. The van der Waals surface area contributed by atoms with Gasteiger partial charge in [-0.1, -0.05) is 18.5 Å². The molecule has 0 fully saturated rings. The van der Waals surface area contributed by atoms with Gasteiger partial charge in [0.15, 0.2) is 0 Å². The monoisotopic (exact) mass is 315 g/mol. The van der Waals surface area contributed by atoms with Crippen molar-refractivity contribution in [1.29, 1.82) is 0 Å². The summed E-state index contributed by atoms with van der Waals surface area (Å²) >= 11 is 5.45. The second-order valence-corrected chi connectivity index (χ2v) is 4.81. The molecule has 1 aromatic carbocycles. The first-order chi connectivity index (χ1) is 9.24. The Balaban J connectivity index is 2.83. The van der Waals surface area contributed by atoms with Crippen molar-refractivity contribution in [3.63, 3.8) is 0 Å². The first-order valence-corrected chi connectivity index (χ1v) is 6.57. The lowest BCUT2D eigenvalue weighted by Crippen LogP contribution is -2.22. The molecule has 114 valence electrons. The van der Waals surface area contributed by atoms with E-state index in [2.05, 4.69) is 5.32 Å². The van der Waals surface area contributed by atoms with Crippen LogP contribution in [-0.2, 0) is 0 Å². The summed E-state index contributed by atoms with van der Waals surface area (Å²) in [5.74, 6) is -1.52. The normalized spacial score (nSPS) is 13.6. The van der Waals surface area contributed by atoms with Crippen LogP contribution in [0.25, 0.3) is 0 Å². The summed E-state index contributed by atoms with van der Waals surface area (Å²) in [6.45, 7) is 2.17. The van der Waals surface area contributed by atoms with Gasteiger partial charge in [-0.3, -0.25) is 0 Å². The summed E-state index contributed by atoms with van der Waals surface area (Å²) in [5, 5.41) is 2.51. The van der Waals surface area contributed by atoms with E-state index in [9.17, 15) is 22.0 Å². The molecule has 0 bridgehead atoms. The van der Waals surface area contributed by atoms with Crippen molar-refractivity contribution in [2.45, 2.75) is 38.4 Å². The molecule has 0 saturated heterocycles. The Morgan fingerprint density at radius 2 is 1.85 bits per heavy atom. The Morgan fingerprint density at radius 1 is 1.20 bits per heavy atom. The number of benzene rings is 1. The fourth-order valence-electron chi connectivity index (χ4n) is 1.93. The number of hydrogen-bond donors (Lipinski definition) is 1. The van der Waals surface area contributed by atoms with Crippen molar-refractivity contribution >= 4 is 11.6 Å². The minimum absolute atomic E-state index is 0.00377. The van der Waals surface area contributed by atoms with Crippen LogP contribution in [0.2, 0.25) is 5.02 Å². The lowest BCUT2D eigenvalue weighted by molar-refractivity contribution is -0.135. The van der Waals surface area contributed by atoms with E-state index in [0.717, 1.165) is 12.1 Å². The van der Waals surface area contributed by atoms with Crippen molar-refractivity contribution in [1.82, 2.24) is 5.32 Å². The van der Waals surface area contributed by atoms with Crippen molar-refractivity contribution in [2.75, 3.05) is 6.54 Å². The van der Waals surface area contributed by atoms with Gasteiger partial charge in [0.2, 0.25) is 0 Å². The van der Waals surface area contributed by atoms with Crippen LogP contribution >= 0.6 is 11.6 Å². The number of rotatable bonds is 6. The lowest BCUT2D eigenvalue weighted by Gasteiger charge is -2.19. The lowest BCUT2D eigenvalue weighted by atomic mass is 10.00. The third-order valence-corrected chi connectivity index (χ3v) is 3.11. The topological polar surface area (TPSA) is 12.0 Å². The Bertz CT molecular complexity index is 447. The van der Waals surface area contributed by atoms with Gasteiger partial charge in [0.05, 0.1) is 5.02 Å². The average Bonchev–Trinajstić information content (AvgIpc) is 2.31. The Labute approximate surface area is 119 Å². The molecule has 0 heterocycles. The number of hydrogen-bond acceptors (Lipinski definition) is 1. The zero-order valence-corrected chi connectivity index (χ0v) is 11.6. The van der Waals surface area contributed by atoms with Crippen LogP contribution in [0.15, 0.2) is 12.1 Å². The van der Waals surface area contributed by atoms with Gasteiger partial charge >= 0.3 is 6.18 Å². The highest BCUT2D eigenvalue weighted by Gasteiger charge is 2.27. The molecule has 1 unspecified atom stereocenters. The third kappa shape index (κ3) is 5.25. The van der Waals surface area contributed by atoms with Gasteiger partial charge < -0.3 is 5.32 Å². The fraction of sp³-hybridized carbons (Fsp3) is 0.538. The Hall–Kier alpha value is -0.880. The summed E-state index contributed by atoms with van der Waals surface area (Å²) in [5.41, 5.74) is -0.00377. The van der Waals surface area contributed by atoms with Gasteiger partial charge in [-0.25, -0.2) is 8.78 Å². The van der Waals surface area contributed by atoms with Gasteiger partial charge in [-0.2, -0.15) is 13.2 Å². The van der Waals surface area contributed by atoms with E-state index in [4.69, 9.17) is 11.6 Å². The maximum absolute atomic E-state index is 13.8. The highest BCUT2D eigenvalue weighted by atomic mass is 35.5. The van der Waals surface area contributed by atoms with E-state index in [1.165, 1.54) is 0 Å². The Kier molecular flexibility index (Phi) is 6.20. The van der Waals surface area contributed by atoms with Crippen LogP contribution in [-0.4, -0.2) is 12.7 Å². The second-order valence-electron chi connectivity index (χ2n) is 4.41. The predicted octanol–water partition coefficient (Wildman–Crippen LogP) is 5.00. The summed E-state index contributed by atoms with van der Waals surface area (Å²) in [7, 11) is 0. The van der Waals surface area contributed by atoms with Gasteiger partial charge in [0.1, 0.15) is 11.6 Å². The van der Waals surface area contributed by atoms with E-state index in [1.54, 1.807) is 6.92 Å². The van der Waals surface area contributed by atoms with Crippen LogP contribution in [0, 0.1) is 11.6 Å². The summed E-state index contributed by atoms with van der Waals surface area (Å²) in [6, 6.07) is 1.09. The largest absolute Gasteiger partial charge is 0.389 e. The van der Waals surface area contributed by atoms with Crippen LogP contribution in [0.4, 0.5) is 22.0 Å². The maximum Gasteiger partial charge on any atom is 0.389 e. The number of halogens is 6. The van der Waals surface area contributed by atoms with Crippen molar-refractivity contribution in [2.24, 2.45) is 0 Å². The SMILES string of the molecule is CCNC(CCCC(F)(F)F)c1cc(F)c(Cl)cc1F. The standard InChI is InChI=1S/C13H15ClF5N/c1-2-20-12(4-3-5-13(17,18)19)8-6-11(16)9(14)7-10(8)15/h6-7,12,20H,2-5H2,1H3. The molecule has 0 saturated carbocycles. The quantitative estimate of drug-likeness (QED) is 0.575. The van der Waals surface area contributed by atoms with Crippen molar-refractivity contribution in [3.05, 3.63) is 34.4 Å². The fourth-order valence-corrected chi connectivity index (χ4v) is 2.08. The molecule has 20 heavy (non-hydrogen) atoms. The van der Waals surface area contributed by atoms with Gasteiger partial charge in [0, 0.05) is 18.0 Å². The summed E-state index contributed by atoms with van der Waals surface area (Å²) in [4.78, 5) is 0. The molecule has 1 atom stereocenters. The highest BCUT2D eigenvalue weighted by molar-refractivity contribution is 6.30. The minimum Gasteiger partial charge on any atom is -0.310 e. The van der Waals surface area contributed by atoms with E-state index >= 15 is 0 Å². The Morgan fingerprint density at radius 3 is 2.40 bits per heavy atom. The molecule has 1 nitrogen and oxygen atoms in total. The van der Waals surface area contributed by atoms with Crippen LogP contribution in [0.3, 0.4) is 0 Å². The smallest absolute Gasteiger partial charge is 0.310 e. The first-order valence-electron chi connectivity index (χ1n) is 6.19. The van der Waals surface area contributed by atoms with E-state index < -0.39 is 30.3 Å². The van der Waals surface area contributed by atoms with Crippen molar-refractivity contribution < 1.29 is 22.0 Å². The molecule has 1 aromatic rings. The molecular weight excluding hydrogens is 301 g/mol.